The van der Waals surface area contributed by atoms with Gasteiger partial charge < -0.3 is 24.8 Å². The largest absolute Gasteiger partial charge is 1.00 e. The van der Waals surface area contributed by atoms with Crippen molar-refractivity contribution in [1.82, 2.24) is 0 Å². The predicted octanol–water partition coefficient (Wildman–Crippen LogP) is 9.69. The quantitative estimate of drug-likeness (QED) is 0.116. The fourth-order valence-electron chi connectivity index (χ4n) is 11.6. The monoisotopic (exact) mass is 900 g/mol. The number of hydrogen-bond donors (Lipinski definition) is 0. The summed E-state index contributed by atoms with van der Waals surface area (Å²) < 4.78 is 0. The molecule has 6 aromatic rings. The van der Waals surface area contributed by atoms with Crippen molar-refractivity contribution >= 4 is 27.0 Å². The van der Waals surface area contributed by atoms with Gasteiger partial charge in [-0.15, -0.1) is 69.1 Å². The Morgan fingerprint density at radius 1 is 0.672 bits per heavy atom. The van der Waals surface area contributed by atoms with E-state index in [1.165, 1.54) is 119 Å². The molecule has 5 aliphatic rings. The molecule has 0 amide bonds. The van der Waals surface area contributed by atoms with Crippen LogP contribution in [0.1, 0.15) is 126 Å². The normalized spacial score (nSPS) is 24.3. The van der Waals surface area contributed by atoms with E-state index in [1.807, 2.05) is 0 Å². The van der Waals surface area contributed by atoms with Gasteiger partial charge in [0.05, 0.1) is 0 Å². The van der Waals surface area contributed by atoms with Crippen LogP contribution in [-0.2, 0) is 35.2 Å². The van der Waals surface area contributed by atoms with Gasteiger partial charge in [0.25, 0.3) is 0 Å². The Bertz CT molecular complexity index is 2230. The van der Waals surface area contributed by atoms with Gasteiger partial charge in [-0.05, 0) is 121 Å². The molecule has 0 radical (unpaired) electrons. The summed E-state index contributed by atoms with van der Waals surface area (Å²) in [5, 5.41) is 5.62. The summed E-state index contributed by atoms with van der Waals surface area (Å²) in [6.07, 6.45) is 15.5. The first kappa shape index (κ1) is 45.3. The topological polar surface area (TPSA) is 0 Å². The second kappa shape index (κ2) is 19.7. The maximum atomic E-state index is 2.48. The second-order valence-electron chi connectivity index (χ2n) is 19.1. The number of benzene rings is 4. The van der Waals surface area contributed by atoms with E-state index in [2.05, 4.69) is 150 Å². The average molecular weight is 903 g/mol. The molecule has 0 nitrogen and oxygen atoms in total. The predicted molar refractivity (Wildman–Crippen MR) is 241 cm³/mol. The summed E-state index contributed by atoms with van der Waals surface area (Å²) in [5.74, 6) is 5.31. The third-order valence-corrected chi connectivity index (χ3v) is 14.2. The Morgan fingerprint density at radius 2 is 1.16 bits per heavy atom. The molecule has 6 aromatic carbocycles. The second-order valence-corrected chi connectivity index (χ2v) is 28.5. The molecule has 5 saturated carbocycles. The molecule has 0 saturated heterocycles. The van der Waals surface area contributed by atoms with Crippen molar-refractivity contribution in [3.8, 4) is 22.3 Å². The van der Waals surface area contributed by atoms with Gasteiger partial charge in [0.1, 0.15) is 0 Å². The molecule has 4 bridgehead atoms. The molecule has 5 fully saturated rings. The van der Waals surface area contributed by atoms with Crippen LogP contribution >= 0.6 is 0 Å². The average Bonchev–Trinajstić information content (AvgIpc) is 3.83. The van der Waals surface area contributed by atoms with Gasteiger partial charge in [0.15, 0.2) is 0 Å². The minimum Gasteiger partial charge on any atom is -1.00 e. The van der Waals surface area contributed by atoms with Gasteiger partial charge in [-0.3, -0.25) is 0 Å². The summed E-state index contributed by atoms with van der Waals surface area (Å²) in [5.41, 5.74) is 12.3. The summed E-state index contributed by atoms with van der Waals surface area (Å²) in [4.78, 5) is 0. The molecule has 5 aliphatic carbocycles. The molecule has 304 valence electrons. The van der Waals surface area contributed by atoms with E-state index in [0.717, 1.165) is 36.0 Å². The van der Waals surface area contributed by atoms with Gasteiger partial charge in [-0.25, -0.2) is 0 Å². The molecular weight excluding hydrogens is 839 g/mol. The van der Waals surface area contributed by atoms with Crippen molar-refractivity contribution in [1.29, 1.82) is 0 Å². The SMILES string of the molecule is CC1CCC(c2cc3c(-c4ccc(C(C)C)cc4)cccc3[cH-]2)CC1.CCc1cc2c(-c3ccc(C45CC6CC(CC(C6)C4)C5)cc3)cccc2[cH-]1.C[Si](C)=[Zr+2].[Cl-].[Cl-]. The standard InChI is InChI=1S/C27H29.C25H29.C2H6Si.2ClH.Zr/c1-2-18-13-23-4-3-5-25(26(23)14-18)22-6-8-24(9-7-22)27-15-19-10-20(16-27)12-21(11-19)17-27;1-17(2)19-11-13-21(14-12-19)24-6-4-5-22-15-23(16-25(22)24)20-9-7-18(3)8-10-20;1-3-2;;;/h3-9,13-14,19-21H,2,10-12,15-17H2,1H3;4-6,11-18,20H,7-10H2,1-3H3;1-2H3;2*1H;/q2*-1;;;;+2/p-2. The van der Waals surface area contributed by atoms with Crippen molar-refractivity contribution < 1.29 is 48.1 Å². The van der Waals surface area contributed by atoms with E-state index in [9.17, 15) is 0 Å². The van der Waals surface area contributed by atoms with Crippen LogP contribution < -0.4 is 24.8 Å². The Hall–Kier alpha value is -2.22. The fourth-order valence-corrected chi connectivity index (χ4v) is 11.6. The number of aryl methyl sites for hydroxylation is 1. The first-order valence-electron chi connectivity index (χ1n) is 22.2. The van der Waals surface area contributed by atoms with Crippen LogP contribution in [0.3, 0.4) is 0 Å². The van der Waals surface area contributed by atoms with Crippen LogP contribution in [0.2, 0.25) is 13.1 Å². The fraction of sp³-hybridized carbons (Fsp3) is 0.444. The van der Waals surface area contributed by atoms with E-state index in [-0.39, 0.29) is 30.2 Å². The maximum Gasteiger partial charge on any atom is -1.00 e. The molecule has 0 spiro atoms. The third-order valence-electron chi connectivity index (χ3n) is 14.2. The van der Waals surface area contributed by atoms with Gasteiger partial charge in [-0.1, -0.05) is 112 Å². The first-order chi connectivity index (χ1) is 27.1. The van der Waals surface area contributed by atoms with Crippen LogP contribution in [0.5, 0.6) is 0 Å². The van der Waals surface area contributed by atoms with Crippen molar-refractivity contribution in [2.75, 3.05) is 0 Å². The molecule has 4 heteroatoms. The molecule has 0 aliphatic heterocycles. The summed E-state index contributed by atoms with van der Waals surface area (Å²) >= 11 is 1.74. The molecule has 0 unspecified atom stereocenters. The summed E-state index contributed by atoms with van der Waals surface area (Å²) in [6.45, 7) is 13.8. The van der Waals surface area contributed by atoms with E-state index in [1.54, 1.807) is 34.5 Å². The molecule has 58 heavy (non-hydrogen) atoms. The number of halogens is 2. The van der Waals surface area contributed by atoms with Crippen molar-refractivity contribution in [3.05, 3.63) is 131 Å². The number of rotatable bonds is 6. The Labute approximate surface area is 378 Å². The van der Waals surface area contributed by atoms with Gasteiger partial charge in [-0.2, -0.15) is 12.1 Å². The van der Waals surface area contributed by atoms with Crippen LogP contribution in [-0.4, -0.2) is 5.43 Å². The van der Waals surface area contributed by atoms with Crippen molar-refractivity contribution in [2.45, 2.75) is 129 Å². The Kier molecular flexibility index (Phi) is 15.4. The van der Waals surface area contributed by atoms with E-state index >= 15 is 0 Å². The van der Waals surface area contributed by atoms with Crippen LogP contribution in [0, 0.1) is 23.7 Å². The minimum absolute atomic E-state index is 0. The van der Waals surface area contributed by atoms with Gasteiger partial charge >= 0.3 is 41.9 Å². The first-order valence-corrected chi connectivity index (χ1v) is 28.4. The molecular formula is C54H64Cl2SiZr-2. The molecule has 0 N–H and O–H groups in total. The van der Waals surface area contributed by atoms with E-state index in [4.69, 9.17) is 0 Å². The number of hydrogen-bond acceptors (Lipinski definition) is 0. The Morgan fingerprint density at radius 3 is 1.66 bits per heavy atom. The van der Waals surface area contributed by atoms with Crippen molar-refractivity contribution in [3.63, 3.8) is 0 Å². The summed E-state index contributed by atoms with van der Waals surface area (Å²) in [6, 6.07) is 42.1. The maximum absolute atomic E-state index is 2.48. The number of fused-ring (bicyclic) bond motifs is 2. The van der Waals surface area contributed by atoms with Gasteiger partial charge in [0.2, 0.25) is 0 Å². The van der Waals surface area contributed by atoms with Crippen LogP contribution in [0.4, 0.5) is 0 Å². The van der Waals surface area contributed by atoms with Gasteiger partial charge in [0, 0.05) is 0 Å². The van der Waals surface area contributed by atoms with Crippen LogP contribution in [0.15, 0.2) is 109 Å². The third kappa shape index (κ3) is 9.94. The minimum atomic E-state index is 0. The van der Waals surface area contributed by atoms with Crippen LogP contribution in [0.25, 0.3) is 43.8 Å². The summed E-state index contributed by atoms with van der Waals surface area (Å²) in [7, 11) is 0. The zero-order valence-electron chi connectivity index (χ0n) is 35.9. The van der Waals surface area contributed by atoms with E-state index < -0.39 is 0 Å². The smallest absolute Gasteiger partial charge is 1.00 e. The van der Waals surface area contributed by atoms with E-state index in [0.29, 0.717) is 11.3 Å². The zero-order chi connectivity index (χ0) is 39.0. The van der Waals surface area contributed by atoms with Crippen molar-refractivity contribution in [2.24, 2.45) is 23.7 Å². The Balaban J connectivity index is 0.000000174. The molecule has 0 aromatic heterocycles. The molecule has 11 rings (SSSR count). The molecule has 0 atom stereocenters. The zero-order valence-corrected chi connectivity index (χ0v) is 40.9. The molecule has 0 heterocycles.